The molecule has 0 spiro atoms. The van der Waals surface area contributed by atoms with Gasteiger partial charge in [0.2, 0.25) is 0 Å². The molecule has 0 aliphatic carbocycles. The lowest BCUT2D eigenvalue weighted by molar-refractivity contribution is 0.0792. The van der Waals surface area contributed by atoms with Gasteiger partial charge in [-0.15, -0.1) is 0 Å². The molecule has 4 heteroatoms. The fourth-order valence-electron chi connectivity index (χ4n) is 1.96. The zero-order chi connectivity index (χ0) is 14.5. The summed E-state index contributed by atoms with van der Waals surface area (Å²) >= 11 is 0. The van der Waals surface area contributed by atoms with Crippen molar-refractivity contribution in [3.8, 4) is 0 Å². The van der Waals surface area contributed by atoms with Crippen LogP contribution in [0.5, 0.6) is 0 Å². The molecule has 0 saturated carbocycles. The van der Waals surface area contributed by atoms with Gasteiger partial charge in [0.1, 0.15) is 5.82 Å². The van der Waals surface area contributed by atoms with E-state index in [1.54, 1.807) is 31.6 Å². The van der Waals surface area contributed by atoms with E-state index in [0.717, 1.165) is 17.5 Å². The molecule has 0 atom stereocenters. The average molecular weight is 272 g/mol. The normalized spacial score (nSPS) is 10.3. The van der Waals surface area contributed by atoms with E-state index in [9.17, 15) is 9.18 Å². The molecule has 0 saturated heterocycles. The molecule has 1 aromatic heterocycles. The maximum atomic E-state index is 13.7. The fourth-order valence-corrected chi connectivity index (χ4v) is 1.96. The number of hydrogen-bond donors (Lipinski definition) is 0. The van der Waals surface area contributed by atoms with Gasteiger partial charge >= 0.3 is 0 Å². The molecular weight excluding hydrogens is 255 g/mol. The Balaban J connectivity index is 2.03. The number of amides is 1. The Morgan fingerprint density at radius 2 is 1.95 bits per heavy atom. The van der Waals surface area contributed by atoms with E-state index in [-0.39, 0.29) is 11.5 Å². The van der Waals surface area contributed by atoms with Crippen LogP contribution < -0.4 is 0 Å². The third-order valence-corrected chi connectivity index (χ3v) is 3.18. The summed E-state index contributed by atoms with van der Waals surface area (Å²) in [7, 11) is 1.69. The lowest BCUT2D eigenvalue weighted by Crippen LogP contribution is -2.29. The molecule has 0 fully saturated rings. The summed E-state index contributed by atoms with van der Waals surface area (Å²) in [4.78, 5) is 17.7. The number of nitrogens with zero attached hydrogens (tertiary/aromatic N) is 2. The molecule has 0 N–H and O–H groups in total. The van der Waals surface area contributed by atoms with Gasteiger partial charge in [0.15, 0.2) is 0 Å². The van der Waals surface area contributed by atoms with Crippen LogP contribution in [0.4, 0.5) is 4.39 Å². The van der Waals surface area contributed by atoms with E-state index < -0.39 is 5.82 Å². The molecule has 104 valence electrons. The van der Waals surface area contributed by atoms with Crippen molar-refractivity contribution in [1.82, 2.24) is 9.88 Å². The average Bonchev–Trinajstić information content (AvgIpc) is 2.47. The quantitative estimate of drug-likeness (QED) is 0.857. The van der Waals surface area contributed by atoms with E-state index in [4.69, 9.17) is 0 Å². The standard InChI is InChI=1S/C16H17FN2O/c1-12-3-4-15(17)14(11-12)16(20)19(2)10-7-13-5-8-18-9-6-13/h3-6,8-9,11H,7,10H2,1-2H3. The molecule has 0 aliphatic heterocycles. The highest BCUT2D eigenvalue weighted by molar-refractivity contribution is 5.94. The third kappa shape index (κ3) is 3.41. The SMILES string of the molecule is Cc1ccc(F)c(C(=O)N(C)CCc2ccncc2)c1. The maximum absolute atomic E-state index is 13.7. The molecule has 1 aromatic carbocycles. The van der Waals surface area contributed by atoms with Crippen LogP contribution in [-0.2, 0) is 6.42 Å². The van der Waals surface area contributed by atoms with Crippen LogP contribution in [0.3, 0.4) is 0 Å². The molecule has 2 aromatic rings. The van der Waals surface area contributed by atoms with E-state index >= 15 is 0 Å². The van der Waals surface area contributed by atoms with E-state index in [2.05, 4.69) is 4.98 Å². The number of carbonyl (C=O) groups excluding carboxylic acids is 1. The van der Waals surface area contributed by atoms with Crippen molar-refractivity contribution in [3.05, 3.63) is 65.2 Å². The van der Waals surface area contributed by atoms with Gasteiger partial charge in [0, 0.05) is 26.0 Å². The molecular formula is C16H17FN2O. The first-order valence-corrected chi connectivity index (χ1v) is 6.48. The monoisotopic (exact) mass is 272 g/mol. The Hall–Kier alpha value is -2.23. The van der Waals surface area contributed by atoms with Gasteiger partial charge in [-0.2, -0.15) is 0 Å². The zero-order valence-electron chi connectivity index (χ0n) is 11.6. The molecule has 1 heterocycles. The lowest BCUT2D eigenvalue weighted by atomic mass is 10.1. The van der Waals surface area contributed by atoms with Crippen LogP contribution in [0.2, 0.25) is 0 Å². The minimum absolute atomic E-state index is 0.127. The number of hydrogen-bond acceptors (Lipinski definition) is 2. The van der Waals surface area contributed by atoms with Gasteiger partial charge in [-0.1, -0.05) is 11.6 Å². The highest BCUT2D eigenvalue weighted by Crippen LogP contribution is 2.12. The highest BCUT2D eigenvalue weighted by atomic mass is 19.1. The van der Waals surface area contributed by atoms with Crippen molar-refractivity contribution in [2.45, 2.75) is 13.3 Å². The number of pyridine rings is 1. The summed E-state index contributed by atoms with van der Waals surface area (Å²) in [6.45, 7) is 2.38. The maximum Gasteiger partial charge on any atom is 0.256 e. The molecule has 2 rings (SSSR count). The van der Waals surface area contributed by atoms with Crippen molar-refractivity contribution in [2.24, 2.45) is 0 Å². The van der Waals surface area contributed by atoms with Gasteiger partial charge in [0.25, 0.3) is 5.91 Å². The van der Waals surface area contributed by atoms with Crippen molar-refractivity contribution >= 4 is 5.91 Å². The van der Waals surface area contributed by atoms with E-state index in [1.807, 2.05) is 19.1 Å². The second kappa shape index (κ2) is 6.28. The number of aromatic nitrogens is 1. The number of carbonyl (C=O) groups is 1. The first-order valence-electron chi connectivity index (χ1n) is 6.48. The Morgan fingerprint density at radius 3 is 2.65 bits per heavy atom. The fraction of sp³-hybridized carbons (Fsp3) is 0.250. The summed E-state index contributed by atoms with van der Waals surface area (Å²) in [6.07, 6.45) is 4.16. The smallest absolute Gasteiger partial charge is 0.256 e. The molecule has 0 unspecified atom stereocenters. The zero-order valence-corrected chi connectivity index (χ0v) is 11.6. The Labute approximate surface area is 118 Å². The Morgan fingerprint density at radius 1 is 1.25 bits per heavy atom. The predicted molar refractivity (Wildman–Crippen MR) is 76.0 cm³/mol. The van der Waals surface area contributed by atoms with Gasteiger partial charge in [0.05, 0.1) is 5.56 Å². The topological polar surface area (TPSA) is 33.2 Å². The van der Waals surface area contributed by atoms with Crippen molar-refractivity contribution in [1.29, 1.82) is 0 Å². The number of halogens is 1. The van der Waals surface area contributed by atoms with Crippen LogP contribution in [0.15, 0.2) is 42.7 Å². The minimum Gasteiger partial charge on any atom is -0.341 e. The van der Waals surface area contributed by atoms with E-state index in [1.165, 1.54) is 11.0 Å². The van der Waals surface area contributed by atoms with Gasteiger partial charge < -0.3 is 4.90 Å². The molecule has 20 heavy (non-hydrogen) atoms. The number of aryl methyl sites for hydroxylation is 1. The predicted octanol–water partition coefficient (Wildman–Crippen LogP) is 2.84. The third-order valence-electron chi connectivity index (χ3n) is 3.18. The second-order valence-electron chi connectivity index (χ2n) is 4.82. The van der Waals surface area contributed by atoms with Crippen LogP contribution in [-0.4, -0.2) is 29.4 Å². The van der Waals surface area contributed by atoms with Gasteiger partial charge in [-0.25, -0.2) is 4.39 Å². The molecule has 0 radical (unpaired) electrons. The van der Waals surface area contributed by atoms with Crippen molar-refractivity contribution in [2.75, 3.05) is 13.6 Å². The summed E-state index contributed by atoms with van der Waals surface area (Å²) in [6, 6.07) is 8.39. The summed E-state index contributed by atoms with van der Waals surface area (Å²) < 4.78 is 13.7. The first-order chi connectivity index (χ1) is 9.58. The van der Waals surface area contributed by atoms with Crippen molar-refractivity contribution < 1.29 is 9.18 Å². The number of rotatable bonds is 4. The molecule has 1 amide bonds. The van der Waals surface area contributed by atoms with Crippen LogP contribution in [0.1, 0.15) is 21.5 Å². The number of likely N-dealkylation sites (N-methyl/N-ethyl adjacent to an activating group) is 1. The van der Waals surface area contributed by atoms with Crippen molar-refractivity contribution in [3.63, 3.8) is 0 Å². The largest absolute Gasteiger partial charge is 0.341 e. The van der Waals surface area contributed by atoms with Crippen LogP contribution >= 0.6 is 0 Å². The Bertz CT molecular complexity index is 599. The van der Waals surface area contributed by atoms with E-state index in [0.29, 0.717) is 6.54 Å². The van der Waals surface area contributed by atoms with Gasteiger partial charge in [-0.3, -0.25) is 9.78 Å². The summed E-state index contributed by atoms with van der Waals surface area (Å²) in [5, 5.41) is 0. The summed E-state index contributed by atoms with van der Waals surface area (Å²) in [5.41, 5.74) is 2.10. The summed E-state index contributed by atoms with van der Waals surface area (Å²) in [5.74, 6) is -0.767. The highest BCUT2D eigenvalue weighted by Gasteiger charge is 2.16. The number of benzene rings is 1. The molecule has 3 nitrogen and oxygen atoms in total. The van der Waals surface area contributed by atoms with Gasteiger partial charge in [-0.05, 0) is 43.2 Å². The molecule has 0 bridgehead atoms. The Kier molecular flexibility index (Phi) is 4.45. The lowest BCUT2D eigenvalue weighted by Gasteiger charge is -2.17. The molecule has 0 aliphatic rings. The first kappa shape index (κ1) is 14.2. The second-order valence-corrected chi connectivity index (χ2v) is 4.82. The van der Waals surface area contributed by atoms with Crippen LogP contribution in [0, 0.1) is 12.7 Å². The minimum atomic E-state index is -0.476. The van der Waals surface area contributed by atoms with Crippen LogP contribution in [0.25, 0.3) is 0 Å².